The zero-order valence-electron chi connectivity index (χ0n) is 18.0. The molecule has 3 heterocycles. The van der Waals surface area contributed by atoms with Crippen LogP contribution < -0.4 is 15.6 Å². The molecule has 1 amide bonds. The fourth-order valence-electron chi connectivity index (χ4n) is 3.64. The second kappa shape index (κ2) is 9.92. The van der Waals surface area contributed by atoms with Crippen LogP contribution in [0.25, 0.3) is 16.0 Å². The van der Waals surface area contributed by atoms with Crippen molar-refractivity contribution in [1.82, 2.24) is 19.2 Å². The van der Waals surface area contributed by atoms with Gasteiger partial charge in [-0.1, -0.05) is 6.07 Å². The number of amides is 1. The van der Waals surface area contributed by atoms with Crippen molar-refractivity contribution in [2.75, 3.05) is 26.1 Å². The maximum atomic E-state index is 12.9. The van der Waals surface area contributed by atoms with Crippen molar-refractivity contribution in [2.24, 2.45) is 0 Å². The van der Waals surface area contributed by atoms with E-state index < -0.39 is 0 Å². The van der Waals surface area contributed by atoms with E-state index in [0.29, 0.717) is 60.7 Å². The lowest BCUT2D eigenvalue weighted by Gasteiger charge is -2.09. The number of nitrogens with one attached hydrogen (secondary N) is 1. The summed E-state index contributed by atoms with van der Waals surface area (Å²) in [4.78, 5) is 25.3. The Bertz CT molecular complexity index is 1290. The van der Waals surface area contributed by atoms with Gasteiger partial charge in [-0.3, -0.25) is 18.6 Å². The molecule has 4 aromatic rings. The topological polar surface area (TPSA) is 99.8 Å². The summed E-state index contributed by atoms with van der Waals surface area (Å²) in [5.41, 5.74) is 1.44. The molecule has 0 unspecified atom stereocenters. The molecule has 0 aliphatic carbocycles. The normalized spacial score (nSPS) is 11.3. The van der Waals surface area contributed by atoms with Crippen LogP contribution in [0.2, 0.25) is 0 Å². The minimum atomic E-state index is -0.0794. The molecule has 4 rings (SSSR count). The van der Waals surface area contributed by atoms with E-state index in [1.807, 2.05) is 34.0 Å². The number of nitrogens with zero attached hydrogens (tertiary/aromatic N) is 4. The fraction of sp³-hybridized carbons (Fsp3) is 0.364. The quantitative estimate of drug-likeness (QED) is 0.369. The molecule has 168 valence electrons. The molecule has 10 heteroatoms. The lowest BCUT2D eigenvalue weighted by molar-refractivity contribution is -0.116. The number of aromatic nitrogens is 4. The Kier molecular flexibility index (Phi) is 6.81. The van der Waals surface area contributed by atoms with E-state index in [4.69, 9.17) is 9.47 Å². The molecule has 0 saturated carbocycles. The van der Waals surface area contributed by atoms with Crippen LogP contribution in [-0.2, 0) is 22.5 Å². The molecule has 3 aromatic heterocycles. The highest BCUT2D eigenvalue weighted by Gasteiger charge is 2.17. The van der Waals surface area contributed by atoms with Crippen molar-refractivity contribution in [3.05, 3.63) is 51.9 Å². The molecule has 9 nitrogen and oxygen atoms in total. The third kappa shape index (κ3) is 4.51. The number of carbonyl (C=O) groups excluding carboxylic acids is 1. The minimum Gasteiger partial charge on any atom is -0.497 e. The highest BCUT2D eigenvalue weighted by molar-refractivity contribution is 7.17. The largest absolute Gasteiger partial charge is 0.497 e. The van der Waals surface area contributed by atoms with Crippen LogP contribution in [0.5, 0.6) is 5.75 Å². The van der Waals surface area contributed by atoms with Gasteiger partial charge in [-0.25, -0.2) is 0 Å². The standard InChI is InChI=1S/C22H25N5O4S/c1-30-12-5-11-26-21(29)20-17(10-13-32-20)27-18(24-25-22(26)27)8-4-9-19(28)23-15-6-3-7-16(14-15)31-2/h3,6-7,10,13-14H,4-5,8-9,11-12H2,1-2H3,(H,23,28). The van der Waals surface area contributed by atoms with Crippen LogP contribution >= 0.6 is 11.3 Å². The summed E-state index contributed by atoms with van der Waals surface area (Å²) >= 11 is 1.41. The predicted octanol–water partition coefficient (Wildman–Crippen LogP) is 3.11. The molecule has 32 heavy (non-hydrogen) atoms. The Hall–Kier alpha value is -3.24. The molecule has 1 aromatic carbocycles. The number of benzene rings is 1. The van der Waals surface area contributed by atoms with Gasteiger partial charge in [-0.05, 0) is 36.4 Å². The van der Waals surface area contributed by atoms with Gasteiger partial charge in [0.15, 0.2) is 0 Å². The number of hydrogen-bond donors (Lipinski definition) is 1. The molecule has 1 N–H and O–H groups in total. The SMILES string of the molecule is COCCCn1c(=O)c2sccc2n2c(CCCC(=O)Nc3cccc(OC)c3)nnc12. The van der Waals surface area contributed by atoms with Crippen LogP contribution in [0, 0.1) is 0 Å². The Labute approximate surface area is 188 Å². The summed E-state index contributed by atoms with van der Waals surface area (Å²) in [6.45, 7) is 1.07. The first-order valence-electron chi connectivity index (χ1n) is 10.4. The predicted molar refractivity (Wildman–Crippen MR) is 124 cm³/mol. The average molecular weight is 456 g/mol. The summed E-state index contributed by atoms with van der Waals surface area (Å²) < 4.78 is 14.6. The number of aryl methyl sites for hydroxylation is 2. The second-order valence-corrected chi connectivity index (χ2v) is 8.24. The molecule has 0 fully saturated rings. The molecule has 0 aliphatic rings. The van der Waals surface area contributed by atoms with Crippen LogP contribution in [0.4, 0.5) is 5.69 Å². The van der Waals surface area contributed by atoms with Gasteiger partial charge in [0.25, 0.3) is 5.56 Å². The number of rotatable bonds is 10. The van der Waals surface area contributed by atoms with Gasteiger partial charge in [0.1, 0.15) is 16.3 Å². The number of anilines is 1. The molecule has 0 spiro atoms. The summed E-state index contributed by atoms with van der Waals surface area (Å²) in [6.07, 6.45) is 2.21. The first-order chi connectivity index (χ1) is 15.6. The number of hydrogen-bond acceptors (Lipinski definition) is 7. The van der Waals surface area contributed by atoms with E-state index in [0.717, 1.165) is 11.3 Å². The number of thiophene rings is 1. The summed E-state index contributed by atoms with van der Waals surface area (Å²) in [5, 5.41) is 13.4. The van der Waals surface area contributed by atoms with Crippen molar-refractivity contribution in [1.29, 1.82) is 0 Å². The van der Waals surface area contributed by atoms with E-state index >= 15 is 0 Å². The zero-order chi connectivity index (χ0) is 22.5. The number of ether oxygens (including phenoxy) is 2. The van der Waals surface area contributed by atoms with Crippen LogP contribution in [0.3, 0.4) is 0 Å². The van der Waals surface area contributed by atoms with Crippen molar-refractivity contribution < 1.29 is 14.3 Å². The number of fused-ring (bicyclic) bond motifs is 3. The van der Waals surface area contributed by atoms with Gasteiger partial charge < -0.3 is 14.8 Å². The van der Waals surface area contributed by atoms with Crippen molar-refractivity contribution >= 4 is 38.9 Å². The molecule has 0 radical (unpaired) electrons. The minimum absolute atomic E-state index is 0.0600. The van der Waals surface area contributed by atoms with E-state index in [9.17, 15) is 9.59 Å². The van der Waals surface area contributed by atoms with Gasteiger partial charge in [0.2, 0.25) is 11.7 Å². The molecule has 0 atom stereocenters. The van der Waals surface area contributed by atoms with Gasteiger partial charge in [-0.2, -0.15) is 0 Å². The van der Waals surface area contributed by atoms with Crippen LogP contribution in [-0.4, -0.2) is 45.9 Å². The van der Waals surface area contributed by atoms with Gasteiger partial charge in [0, 0.05) is 44.9 Å². The van der Waals surface area contributed by atoms with Gasteiger partial charge in [0.05, 0.1) is 12.6 Å². The Morgan fingerprint density at radius 3 is 2.88 bits per heavy atom. The second-order valence-electron chi connectivity index (χ2n) is 7.32. The monoisotopic (exact) mass is 455 g/mol. The fourth-order valence-corrected chi connectivity index (χ4v) is 4.47. The first-order valence-corrected chi connectivity index (χ1v) is 11.3. The Morgan fingerprint density at radius 1 is 1.19 bits per heavy atom. The maximum Gasteiger partial charge on any atom is 0.272 e. The molecule has 0 saturated heterocycles. The highest BCUT2D eigenvalue weighted by Crippen LogP contribution is 2.21. The Morgan fingerprint density at radius 2 is 2.06 bits per heavy atom. The molecular formula is C22H25N5O4S. The summed E-state index contributed by atoms with van der Waals surface area (Å²) in [7, 11) is 3.23. The summed E-state index contributed by atoms with van der Waals surface area (Å²) in [6, 6.07) is 9.17. The number of methoxy groups -OCH3 is 2. The van der Waals surface area contributed by atoms with Crippen molar-refractivity contribution in [3.8, 4) is 5.75 Å². The summed E-state index contributed by atoms with van der Waals surface area (Å²) in [5.74, 6) is 1.86. The molecule has 0 aliphatic heterocycles. The van der Waals surface area contributed by atoms with E-state index in [2.05, 4.69) is 15.5 Å². The smallest absolute Gasteiger partial charge is 0.272 e. The van der Waals surface area contributed by atoms with E-state index in [-0.39, 0.29) is 11.5 Å². The van der Waals surface area contributed by atoms with Crippen LogP contribution in [0.15, 0.2) is 40.5 Å². The maximum absolute atomic E-state index is 12.9. The zero-order valence-corrected chi connectivity index (χ0v) is 18.9. The lowest BCUT2D eigenvalue weighted by atomic mass is 10.2. The highest BCUT2D eigenvalue weighted by atomic mass is 32.1. The third-order valence-electron chi connectivity index (χ3n) is 5.17. The Balaban J connectivity index is 1.50. The van der Waals surface area contributed by atoms with Crippen molar-refractivity contribution in [2.45, 2.75) is 32.2 Å². The van der Waals surface area contributed by atoms with Gasteiger partial charge in [-0.15, -0.1) is 21.5 Å². The van der Waals surface area contributed by atoms with E-state index in [1.165, 1.54) is 11.3 Å². The molecule has 0 bridgehead atoms. The van der Waals surface area contributed by atoms with Gasteiger partial charge >= 0.3 is 0 Å². The number of carbonyl (C=O) groups is 1. The third-order valence-corrected chi connectivity index (χ3v) is 6.06. The first kappa shape index (κ1) is 22.0. The van der Waals surface area contributed by atoms with Crippen molar-refractivity contribution in [3.63, 3.8) is 0 Å². The van der Waals surface area contributed by atoms with E-state index in [1.54, 1.807) is 24.9 Å². The average Bonchev–Trinajstić information content (AvgIpc) is 3.43. The lowest BCUT2D eigenvalue weighted by Crippen LogP contribution is -2.23. The van der Waals surface area contributed by atoms with Crippen LogP contribution in [0.1, 0.15) is 25.1 Å². The molecular weight excluding hydrogens is 430 g/mol.